The highest BCUT2D eigenvalue weighted by molar-refractivity contribution is 5.17. The Hall–Kier alpha value is -1.40. The third-order valence-electron chi connectivity index (χ3n) is 2.91. The molecule has 2 heterocycles. The minimum absolute atomic E-state index is 0.00148. The lowest BCUT2D eigenvalue weighted by atomic mass is 10.1. The molecular formula is C14H23N3O3. The fourth-order valence-electron chi connectivity index (χ4n) is 2.13. The van der Waals surface area contributed by atoms with Crippen LogP contribution in [0.5, 0.6) is 11.9 Å². The molecule has 1 unspecified atom stereocenters. The van der Waals surface area contributed by atoms with Crippen LogP contribution in [0.25, 0.3) is 0 Å². The quantitative estimate of drug-likeness (QED) is 0.878. The highest BCUT2D eigenvalue weighted by Gasteiger charge is 2.28. The third kappa shape index (κ3) is 4.31. The average Bonchev–Trinajstić information content (AvgIpc) is 2.35. The van der Waals surface area contributed by atoms with E-state index in [1.54, 1.807) is 6.07 Å². The SMILES string of the molecule is CCOc1cc(C)nc(OCC2CNCC(C)(C)O2)n1. The predicted molar refractivity (Wildman–Crippen MR) is 75.3 cm³/mol. The molecule has 0 radical (unpaired) electrons. The zero-order valence-electron chi connectivity index (χ0n) is 12.6. The van der Waals surface area contributed by atoms with Crippen LogP contribution in [0.2, 0.25) is 0 Å². The summed E-state index contributed by atoms with van der Waals surface area (Å²) < 4.78 is 16.9. The number of nitrogens with one attached hydrogen (secondary N) is 1. The van der Waals surface area contributed by atoms with Crippen molar-refractivity contribution in [1.29, 1.82) is 0 Å². The Balaban J connectivity index is 1.93. The fraction of sp³-hybridized carbons (Fsp3) is 0.714. The summed E-state index contributed by atoms with van der Waals surface area (Å²) in [5.41, 5.74) is 0.650. The van der Waals surface area contributed by atoms with E-state index in [1.807, 2.05) is 13.8 Å². The first-order valence-corrected chi connectivity index (χ1v) is 6.98. The monoisotopic (exact) mass is 281 g/mol. The standard InChI is InChI=1S/C14H23N3O3/c1-5-18-12-6-10(2)16-13(17-12)19-8-11-7-15-9-14(3,4)20-11/h6,11,15H,5,7-9H2,1-4H3. The van der Waals surface area contributed by atoms with Gasteiger partial charge in [0, 0.05) is 24.8 Å². The van der Waals surface area contributed by atoms with Crippen molar-refractivity contribution in [3.8, 4) is 11.9 Å². The van der Waals surface area contributed by atoms with Gasteiger partial charge >= 0.3 is 6.01 Å². The van der Waals surface area contributed by atoms with Crippen LogP contribution >= 0.6 is 0 Å². The second kappa shape index (κ2) is 6.37. The van der Waals surface area contributed by atoms with E-state index >= 15 is 0 Å². The lowest BCUT2D eigenvalue weighted by Gasteiger charge is -2.36. The number of aryl methyl sites for hydroxylation is 1. The fourth-order valence-corrected chi connectivity index (χ4v) is 2.13. The Morgan fingerprint density at radius 3 is 2.90 bits per heavy atom. The average molecular weight is 281 g/mol. The van der Waals surface area contributed by atoms with Crippen molar-refractivity contribution in [2.75, 3.05) is 26.3 Å². The molecule has 6 nitrogen and oxygen atoms in total. The van der Waals surface area contributed by atoms with Crippen LogP contribution in [0, 0.1) is 6.92 Å². The van der Waals surface area contributed by atoms with Crippen LogP contribution < -0.4 is 14.8 Å². The van der Waals surface area contributed by atoms with Crippen molar-refractivity contribution in [3.05, 3.63) is 11.8 Å². The lowest BCUT2D eigenvalue weighted by molar-refractivity contribution is -0.107. The Kier molecular flexibility index (Phi) is 4.77. The minimum Gasteiger partial charge on any atom is -0.478 e. The smallest absolute Gasteiger partial charge is 0.320 e. The summed E-state index contributed by atoms with van der Waals surface area (Å²) >= 11 is 0. The maximum Gasteiger partial charge on any atom is 0.320 e. The Labute approximate surface area is 119 Å². The van der Waals surface area contributed by atoms with Crippen LogP contribution in [0.4, 0.5) is 0 Å². The first kappa shape index (κ1) is 15.0. The molecule has 1 aliphatic rings. The molecule has 1 aliphatic heterocycles. The number of aromatic nitrogens is 2. The summed E-state index contributed by atoms with van der Waals surface area (Å²) in [6, 6.07) is 2.12. The van der Waals surface area contributed by atoms with Crippen molar-refractivity contribution in [2.45, 2.75) is 39.4 Å². The highest BCUT2D eigenvalue weighted by atomic mass is 16.6. The molecule has 1 N–H and O–H groups in total. The summed E-state index contributed by atoms with van der Waals surface area (Å²) in [5.74, 6) is 0.540. The molecule has 2 rings (SSSR count). The summed E-state index contributed by atoms with van der Waals surface area (Å²) in [5, 5.41) is 3.33. The third-order valence-corrected chi connectivity index (χ3v) is 2.91. The van der Waals surface area contributed by atoms with E-state index in [1.165, 1.54) is 0 Å². The Bertz CT molecular complexity index is 451. The van der Waals surface area contributed by atoms with Crippen LogP contribution in [-0.4, -0.2) is 48.0 Å². The van der Waals surface area contributed by atoms with Gasteiger partial charge in [0.2, 0.25) is 5.88 Å². The van der Waals surface area contributed by atoms with Gasteiger partial charge in [-0.25, -0.2) is 4.98 Å². The molecule has 0 aromatic carbocycles. The molecule has 1 atom stereocenters. The number of morpholine rings is 1. The molecule has 112 valence electrons. The van der Waals surface area contributed by atoms with Crippen molar-refractivity contribution in [1.82, 2.24) is 15.3 Å². The number of ether oxygens (including phenoxy) is 3. The molecule has 0 spiro atoms. The van der Waals surface area contributed by atoms with Gasteiger partial charge in [-0.1, -0.05) is 0 Å². The van der Waals surface area contributed by atoms with Gasteiger partial charge in [-0.15, -0.1) is 0 Å². The summed E-state index contributed by atoms with van der Waals surface area (Å²) in [4.78, 5) is 8.46. The Morgan fingerprint density at radius 2 is 2.20 bits per heavy atom. The lowest BCUT2D eigenvalue weighted by Crippen LogP contribution is -2.52. The normalized spacial score (nSPS) is 21.5. The molecule has 1 fully saturated rings. The Morgan fingerprint density at radius 1 is 1.40 bits per heavy atom. The van der Waals surface area contributed by atoms with Gasteiger partial charge in [0.1, 0.15) is 12.7 Å². The van der Waals surface area contributed by atoms with Gasteiger partial charge in [-0.05, 0) is 27.7 Å². The zero-order chi connectivity index (χ0) is 14.6. The van der Waals surface area contributed by atoms with Gasteiger partial charge in [0.25, 0.3) is 0 Å². The number of hydrogen-bond acceptors (Lipinski definition) is 6. The summed E-state index contributed by atoms with van der Waals surface area (Å²) in [6.45, 7) is 10.5. The highest BCUT2D eigenvalue weighted by Crippen LogP contribution is 2.17. The van der Waals surface area contributed by atoms with E-state index < -0.39 is 0 Å². The van der Waals surface area contributed by atoms with Crippen LogP contribution in [-0.2, 0) is 4.74 Å². The number of rotatable bonds is 5. The van der Waals surface area contributed by atoms with Gasteiger partial charge in [-0.2, -0.15) is 4.98 Å². The van der Waals surface area contributed by atoms with E-state index in [0.29, 0.717) is 25.1 Å². The van der Waals surface area contributed by atoms with E-state index in [4.69, 9.17) is 14.2 Å². The molecule has 1 aromatic heterocycles. The molecular weight excluding hydrogens is 258 g/mol. The first-order chi connectivity index (χ1) is 9.48. The van der Waals surface area contributed by atoms with Gasteiger partial charge in [0.05, 0.1) is 12.2 Å². The molecule has 6 heteroatoms. The molecule has 0 bridgehead atoms. The second-order valence-corrected chi connectivity index (χ2v) is 5.50. The second-order valence-electron chi connectivity index (χ2n) is 5.50. The summed E-state index contributed by atoms with van der Waals surface area (Å²) in [6.07, 6.45) is -0.00148. The summed E-state index contributed by atoms with van der Waals surface area (Å²) in [7, 11) is 0. The molecule has 0 saturated carbocycles. The van der Waals surface area contributed by atoms with Gasteiger partial charge in [-0.3, -0.25) is 0 Å². The van der Waals surface area contributed by atoms with Crippen molar-refractivity contribution in [2.24, 2.45) is 0 Å². The van der Waals surface area contributed by atoms with E-state index in [0.717, 1.165) is 18.8 Å². The molecule has 0 amide bonds. The maximum atomic E-state index is 5.93. The van der Waals surface area contributed by atoms with E-state index in [9.17, 15) is 0 Å². The van der Waals surface area contributed by atoms with Crippen LogP contribution in [0.3, 0.4) is 0 Å². The largest absolute Gasteiger partial charge is 0.478 e. The predicted octanol–water partition coefficient (Wildman–Crippen LogP) is 1.33. The van der Waals surface area contributed by atoms with Crippen molar-refractivity contribution < 1.29 is 14.2 Å². The number of hydrogen-bond donors (Lipinski definition) is 1. The topological polar surface area (TPSA) is 65.5 Å². The van der Waals surface area contributed by atoms with Gasteiger partial charge in [0.15, 0.2) is 0 Å². The molecule has 20 heavy (non-hydrogen) atoms. The van der Waals surface area contributed by atoms with Crippen molar-refractivity contribution >= 4 is 0 Å². The molecule has 1 saturated heterocycles. The maximum absolute atomic E-state index is 5.93. The van der Waals surface area contributed by atoms with E-state index in [-0.39, 0.29) is 11.7 Å². The minimum atomic E-state index is -0.170. The molecule has 0 aliphatic carbocycles. The number of nitrogens with zero attached hydrogens (tertiary/aromatic N) is 2. The van der Waals surface area contributed by atoms with Crippen LogP contribution in [0.15, 0.2) is 6.07 Å². The first-order valence-electron chi connectivity index (χ1n) is 6.98. The molecule has 1 aromatic rings. The van der Waals surface area contributed by atoms with Crippen molar-refractivity contribution in [3.63, 3.8) is 0 Å². The van der Waals surface area contributed by atoms with Gasteiger partial charge < -0.3 is 19.5 Å². The van der Waals surface area contributed by atoms with Crippen LogP contribution in [0.1, 0.15) is 26.5 Å². The zero-order valence-corrected chi connectivity index (χ0v) is 12.6. The van der Waals surface area contributed by atoms with E-state index in [2.05, 4.69) is 29.1 Å².